The van der Waals surface area contributed by atoms with E-state index >= 15 is 0 Å². The van der Waals surface area contributed by atoms with E-state index in [1.165, 1.54) is 31.2 Å². The summed E-state index contributed by atoms with van der Waals surface area (Å²) in [6.07, 6.45) is 5.29. The van der Waals surface area contributed by atoms with Crippen LogP contribution in [0.4, 0.5) is 0 Å². The molecule has 1 fully saturated rings. The summed E-state index contributed by atoms with van der Waals surface area (Å²) in [4.78, 5) is 0. The third-order valence-electron chi connectivity index (χ3n) is 3.85. The molecule has 0 heterocycles. The SMILES string of the molecule is CC1(C)CCC(NCc2ccc(Cl)cc2)CC1. The van der Waals surface area contributed by atoms with Gasteiger partial charge < -0.3 is 5.32 Å². The Hall–Kier alpha value is -0.530. The average Bonchev–Trinajstić information content (AvgIpc) is 2.30. The van der Waals surface area contributed by atoms with E-state index in [1.807, 2.05) is 12.1 Å². The topological polar surface area (TPSA) is 12.0 Å². The summed E-state index contributed by atoms with van der Waals surface area (Å²) >= 11 is 5.87. The molecule has 2 rings (SSSR count). The van der Waals surface area contributed by atoms with Gasteiger partial charge in [-0.05, 0) is 48.8 Å². The Morgan fingerprint density at radius 2 is 1.76 bits per heavy atom. The maximum absolute atomic E-state index is 5.87. The molecule has 1 aliphatic carbocycles. The number of hydrogen-bond acceptors (Lipinski definition) is 1. The second kappa shape index (κ2) is 5.41. The van der Waals surface area contributed by atoms with Crippen molar-refractivity contribution in [3.05, 3.63) is 34.9 Å². The van der Waals surface area contributed by atoms with E-state index in [2.05, 4.69) is 31.3 Å². The Morgan fingerprint density at radius 1 is 1.18 bits per heavy atom. The van der Waals surface area contributed by atoms with Crippen LogP contribution in [0.1, 0.15) is 45.1 Å². The quantitative estimate of drug-likeness (QED) is 0.840. The molecule has 1 aromatic carbocycles. The van der Waals surface area contributed by atoms with Crippen LogP contribution in [0, 0.1) is 5.41 Å². The van der Waals surface area contributed by atoms with Crippen LogP contribution in [0.2, 0.25) is 5.02 Å². The van der Waals surface area contributed by atoms with Crippen molar-refractivity contribution in [2.24, 2.45) is 5.41 Å². The standard InChI is InChI=1S/C15H22ClN/c1-15(2)9-7-14(8-10-15)17-11-12-3-5-13(16)6-4-12/h3-6,14,17H,7-11H2,1-2H3. The molecule has 17 heavy (non-hydrogen) atoms. The first-order chi connectivity index (χ1) is 8.05. The predicted octanol–water partition coefficient (Wildman–Crippen LogP) is 4.40. The first-order valence-corrected chi connectivity index (χ1v) is 6.91. The molecule has 0 spiro atoms. The molecule has 0 amide bonds. The number of halogens is 1. The Kier molecular flexibility index (Phi) is 4.11. The lowest BCUT2D eigenvalue weighted by Crippen LogP contribution is -2.35. The van der Waals surface area contributed by atoms with E-state index < -0.39 is 0 Å². The fourth-order valence-electron chi connectivity index (χ4n) is 2.47. The predicted molar refractivity (Wildman–Crippen MR) is 74.3 cm³/mol. The zero-order valence-electron chi connectivity index (χ0n) is 10.8. The fraction of sp³-hybridized carbons (Fsp3) is 0.600. The largest absolute Gasteiger partial charge is 0.310 e. The average molecular weight is 252 g/mol. The minimum absolute atomic E-state index is 0.554. The first-order valence-electron chi connectivity index (χ1n) is 6.53. The lowest BCUT2D eigenvalue weighted by atomic mass is 9.75. The van der Waals surface area contributed by atoms with Gasteiger partial charge in [-0.1, -0.05) is 37.6 Å². The van der Waals surface area contributed by atoms with Gasteiger partial charge in [0, 0.05) is 17.6 Å². The zero-order valence-corrected chi connectivity index (χ0v) is 11.6. The van der Waals surface area contributed by atoms with E-state index in [1.54, 1.807) is 0 Å². The molecule has 1 nitrogen and oxygen atoms in total. The molecule has 1 aliphatic rings. The molecule has 0 saturated heterocycles. The molecule has 0 aromatic heterocycles. The monoisotopic (exact) mass is 251 g/mol. The molecular weight excluding hydrogens is 230 g/mol. The normalized spacial score (nSPS) is 20.4. The van der Waals surface area contributed by atoms with Crippen molar-refractivity contribution in [1.82, 2.24) is 5.32 Å². The molecule has 94 valence electrons. The molecule has 2 heteroatoms. The van der Waals surface area contributed by atoms with Crippen molar-refractivity contribution < 1.29 is 0 Å². The number of benzene rings is 1. The minimum Gasteiger partial charge on any atom is -0.310 e. The summed E-state index contributed by atoms with van der Waals surface area (Å²) in [6, 6.07) is 8.81. The molecule has 0 radical (unpaired) electrons. The van der Waals surface area contributed by atoms with Crippen molar-refractivity contribution in [1.29, 1.82) is 0 Å². The first kappa shape index (κ1) is 12.9. The molecule has 0 unspecified atom stereocenters. The summed E-state index contributed by atoms with van der Waals surface area (Å²) in [5, 5.41) is 4.47. The summed E-state index contributed by atoms with van der Waals surface area (Å²) < 4.78 is 0. The van der Waals surface area contributed by atoms with Gasteiger partial charge in [0.2, 0.25) is 0 Å². The molecule has 1 aromatic rings. The van der Waals surface area contributed by atoms with Gasteiger partial charge in [0.25, 0.3) is 0 Å². The summed E-state index contributed by atoms with van der Waals surface area (Å²) in [5.74, 6) is 0. The smallest absolute Gasteiger partial charge is 0.0406 e. The van der Waals surface area contributed by atoms with Crippen LogP contribution in [-0.2, 0) is 6.54 Å². The highest BCUT2D eigenvalue weighted by Crippen LogP contribution is 2.35. The van der Waals surface area contributed by atoms with E-state index in [0.717, 1.165) is 11.6 Å². The summed E-state index contributed by atoms with van der Waals surface area (Å²) in [6.45, 7) is 5.72. The van der Waals surface area contributed by atoms with Gasteiger partial charge in [-0.15, -0.1) is 0 Å². The van der Waals surface area contributed by atoms with Gasteiger partial charge >= 0.3 is 0 Å². The van der Waals surface area contributed by atoms with Crippen molar-refractivity contribution in [2.45, 2.75) is 52.1 Å². The van der Waals surface area contributed by atoms with Crippen LogP contribution in [-0.4, -0.2) is 6.04 Å². The summed E-state index contributed by atoms with van der Waals surface area (Å²) in [7, 11) is 0. The minimum atomic E-state index is 0.554. The van der Waals surface area contributed by atoms with Crippen LogP contribution >= 0.6 is 11.6 Å². The van der Waals surface area contributed by atoms with Crippen molar-refractivity contribution in [2.75, 3.05) is 0 Å². The number of hydrogen-bond donors (Lipinski definition) is 1. The second-order valence-corrected chi connectivity index (χ2v) is 6.38. The van der Waals surface area contributed by atoms with E-state index in [-0.39, 0.29) is 0 Å². The molecule has 0 atom stereocenters. The van der Waals surface area contributed by atoms with Crippen LogP contribution in [0.3, 0.4) is 0 Å². The van der Waals surface area contributed by atoms with E-state index in [0.29, 0.717) is 11.5 Å². The van der Waals surface area contributed by atoms with Gasteiger partial charge in [-0.25, -0.2) is 0 Å². The lowest BCUT2D eigenvalue weighted by Gasteiger charge is -2.34. The second-order valence-electron chi connectivity index (χ2n) is 5.95. The Balaban J connectivity index is 1.78. The highest BCUT2D eigenvalue weighted by molar-refractivity contribution is 6.30. The molecule has 0 aliphatic heterocycles. The van der Waals surface area contributed by atoms with Crippen molar-refractivity contribution >= 4 is 11.6 Å². The van der Waals surface area contributed by atoms with Gasteiger partial charge in [-0.2, -0.15) is 0 Å². The lowest BCUT2D eigenvalue weighted by molar-refractivity contribution is 0.206. The maximum Gasteiger partial charge on any atom is 0.0406 e. The van der Waals surface area contributed by atoms with E-state index in [4.69, 9.17) is 11.6 Å². The van der Waals surface area contributed by atoms with Gasteiger partial charge in [-0.3, -0.25) is 0 Å². The molecule has 1 saturated carbocycles. The van der Waals surface area contributed by atoms with Crippen LogP contribution in [0.15, 0.2) is 24.3 Å². The van der Waals surface area contributed by atoms with Crippen molar-refractivity contribution in [3.63, 3.8) is 0 Å². The third kappa shape index (κ3) is 4.01. The molecular formula is C15H22ClN. The van der Waals surface area contributed by atoms with Gasteiger partial charge in [0.05, 0.1) is 0 Å². The molecule has 0 bridgehead atoms. The Morgan fingerprint density at radius 3 is 2.35 bits per heavy atom. The highest BCUT2D eigenvalue weighted by atomic mass is 35.5. The Bertz CT molecular complexity index is 346. The van der Waals surface area contributed by atoms with Crippen LogP contribution < -0.4 is 5.32 Å². The van der Waals surface area contributed by atoms with Gasteiger partial charge in [0.15, 0.2) is 0 Å². The highest BCUT2D eigenvalue weighted by Gasteiger charge is 2.26. The zero-order chi connectivity index (χ0) is 12.3. The Labute approximate surface area is 110 Å². The van der Waals surface area contributed by atoms with E-state index in [9.17, 15) is 0 Å². The van der Waals surface area contributed by atoms with Crippen LogP contribution in [0.5, 0.6) is 0 Å². The number of nitrogens with one attached hydrogen (secondary N) is 1. The maximum atomic E-state index is 5.87. The molecule has 1 N–H and O–H groups in total. The van der Waals surface area contributed by atoms with Gasteiger partial charge in [0.1, 0.15) is 0 Å². The third-order valence-corrected chi connectivity index (χ3v) is 4.10. The summed E-state index contributed by atoms with van der Waals surface area (Å²) in [5.41, 5.74) is 1.87. The van der Waals surface area contributed by atoms with Crippen LogP contribution in [0.25, 0.3) is 0 Å². The fourth-order valence-corrected chi connectivity index (χ4v) is 2.59. The number of rotatable bonds is 3. The van der Waals surface area contributed by atoms with Crippen molar-refractivity contribution in [3.8, 4) is 0 Å².